The normalized spacial score (nSPS) is 23.8. The number of hydrogen-bond donors (Lipinski definition) is 6. The fourth-order valence-corrected chi connectivity index (χ4v) is 4.81. The maximum atomic E-state index is 12.0. The van der Waals surface area contributed by atoms with Gasteiger partial charge >= 0.3 is 12.1 Å². The van der Waals surface area contributed by atoms with E-state index in [1.807, 2.05) is 0 Å². The molecule has 1 aliphatic rings. The van der Waals surface area contributed by atoms with Crippen molar-refractivity contribution in [1.82, 2.24) is 21.3 Å². The summed E-state index contributed by atoms with van der Waals surface area (Å²) in [6.45, 7) is 8.88. The molecule has 2 atom stereocenters. The van der Waals surface area contributed by atoms with Crippen LogP contribution in [0.4, 0.5) is 9.59 Å². The molecule has 1 saturated carbocycles. The second-order valence-electron chi connectivity index (χ2n) is 9.21. The Morgan fingerprint density at radius 1 is 1.00 bits per heavy atom. The SMILES string of the molecule is CC1(C)CC(NC(=O)O)CC(C)(CCNC(=O)NCCCCCCNCS)C1. The number of amides is 3. The first-order valence-electron chi connectivity index (χ1n) is 10.5. The van der Waals surface area contributed by atoms with Gasteiger partial charge in [-0.3, -0.25) is 0 Å². The van der Waals surface area contributed by atoms with E-state index in [0.29, 0.717) is 13.1 Å². The zero-order chi connectivity index (χ0) is 21.0. The number of rotatable bonds is 12. The van der Waals surface area contributed by atoms with Crippen LogP contribution in [0.15, 0.2) is 0 Å². The molecule has 2 unspecified atom stereocenters. The Hall–Kier alpha value is -1.15. The highest BCUT2D eigenvalue weighted by molar-refractivity contribution is 7.80. The molecule has 0 radical (unpaired) electrons. The topological polar surface area (TPSA) is 102 Å². The van der Waals surface area contributed by atoms with Crippen LogP contribution >= 0.6 is 12.6 Å². The average molecular weight is 417 g/mol. The van der Waals surface area contributed by atoms with Crippen LogP contribution < -0.4 is 21.3 Å². The molecule has 8 heteroatoms. The summed E-state index contributed by atoms with van der Waals surface area (Å²) in [5.41, 5.74) is 0.105. The van der Waals surface area contributed by atoms with Crippen LogP contribution in [0.3, 0.4) is 0 Å². The third-order valence-corrected chi connectivity index (χ3v) is 5.69. The maximum absolute atomic E-state index is 12.0. The summed E-state index contributed by atoms with van der Waals surface area (Å²) < 4.78 is 0. The third kappa shape index (κ3) is 11.0. The van der Waals surface area contributed by atoms with E-state index in [4.69, 9.17) is 5.11 Å². The minimum Gasteiger partial charge on any atom is -0.465 e. The van der Waals surface area contributed by atoms with E-state index < -0.39 is 6.09 Å². The second kappa shape index (κ2) is 12.4. The van der Waals surface area contributed by atoms with Gasteiger partial charge in [0, 0.05) is 25.0 Å². The quantitative estimate of drug-likeness (QED) is 0.166. The third-order valence-electron chi connectivity index (χ3n) is 5.46. The zero-order valence-electron chi connectivity index (χ0n) is 17.8. The van der Waals surface area contributed by atoms with Crippen LogP contribution in [0.25, 0.3) is 0 Å². The predicted molar refractivity (Wildman–Crippen MR) is 117 cm³/mol. The molecule has 0 spiro atoms. The van der Waals surface area contributed by atoms with Gasteiger partial charge in [-0.2, -0.15) is 12.6 Å². The van der Waals surface area contributed by atoms with Crippen molar-refractivity contribution < 1.29 is 14.7 Å². The molecule has 28 heavy (non-hydrogen) atoms. The first kappa shape index (κ1) is 24.9. The monoisotopic (exact) mass is 416 g/mol. The molecule has 0 bridgehead atoms. The van der Waals surface area contributed by atoms with Crippen LogP contribution in [-0.2, 0) is 0 Å². The lowest BCUT2D eigenvalue weighted by molar-refractivity contribution is 0.0643. The molecule has 0 aromatic carbocycles. The lowest BCUT2D eigenvalue weighted by Crippen LogP contribution is -2.47. The number of thiol groups is 1. The van der Waals surface area contributed by atoms with Crippen molar-refractivity contribution in [2.45, 2.75) is 78.2 Å². The Labute approximate surface area is 175 Å². The first-order chi connectivity index (χ1) is 13.2. The van der Waals surface area contributed by atoms with E-state index >= 15 is 0 Å². The van der Waals surface area contributed by atoms with Crippen LogP contribution in [0, 0.1) is 10.8 Å². The molecule has 1 aliphatic carbocycles. The van der Waals surface area contributed by atoms with Crippen molar-refractivity contribution >= 4 is 24.8 Å². The summed E-state index contributed by atoms with van der Waals surface area (Å²) in [6.07, 6.45) is 6.98. The van der Waals surface area contributed by atoms with Crippen molar-refractivity contribution in [2.75, 3.05) is 25.5 Å². The van der Waals surface area contributed by atoms with Crippen molar-refractivity contribution in [3.8, 4) is 0 Å². The molecule has 3 amide bonds. The van der Waals surface area contributed by atoms with Gasteiger partial charge < -0.3 is 26.4 Å². The van der Waals surface area contributed by atoms with Crippen LogP contribution in [0.2, 0.25) is 0 Å². The van der Waals surface area contributed by atoms with Crippen molar-refractivity contribution in [2.24, 2.45) is 10.8 Å². The van der Waals surface area contributed by atoms with Crippen molar-refractivity contribution in [3.63, 3.8) is 0 Å². The van der Waals surface area contributed by atoms with E-state index in [1.54, 1.807) is 0 Å². The van der Waals surface area contributed by atoms with Crippen LogP contribution in [-0.4, -0.2) is 48.8 Å². The Kier molecular flexibility index (Phi) is 11.0. The van der Waals surface area contributed by atoms with Crippen LogP contribution in [0.5, 0.6) is 0 Å². The molecule has 0 heterocycles. The van der Waals surface area contributed by atoms with Gasteiger partial charge in [-0.25, -0.2) is 9.59 Å². The summed E-state index contributed by atoms with van der Waals surface area (Å²) in [5, 5.41) is 20.8. The number of carbonyl (C=O) groups is 2. The van der Waals surface area contributed by atoms with Gasteiger partial charge in [-0.1, -0.05) is 33.6 Å². The van der Waals surface area contributed by atoms with Gasteiger partial charge in [0.15, 0.2) is 0 Å². The van der Waals surface area contributed by atoms with Crippen LogP contribution in [0.1, 0.15) is 72.1 Å². The fraction of sp³-hybridized carbons (Fsp3) is 0.900. The Bertz CT molecular complexity index is 490. The second-order valence-corrected chi connectivity index (χ2v) is 9.53. The maximum Gasteiger partial charge on any atom is 0.404 e. The predicted octanol–water partition coefficient (Wildman–Crippen LogP) is 3.57. The van der Waals surface area contributed by atoms with E-state index in [9.17, 15) is 9.59 Å². The summed E-state index contributed by atoms with van der Waals surface area (Å²) in [5.74, 6) is 0.717. The van der Waals surface area contributed by atoms with Crippen molar-refractivity contribution in [3.05, 3.63) is 0 Å². The minimum atomic E-state index is -0.958. The van der Waals surface area contributed by atoms with E-state index in [1.165, 1.54) is 0 Å². The molecule has 164 valence electrons. The molecule has 0 aromatic rings. The molecule has 0 saturated heterocycles. The number of hydrogen-bond acceptors (Lipinski definition) is 4. The summed E-state index contributed by atoms with van der Waals surface area (Å²) in [4.78, 5) is 23.0. The van der Waals surface area contributed by atoms with Gasteiger partial charge in [0.2, 0.25) is 0 Å². The Morgan fingerprint density at radius 2 is 1.64 bits per heavy atom. The number of urea groups is 1. The number of carbonyl (C=O) groups excluding carboxylic acids is 1. The van der Waals surface area contributed by atoms with Gasteiger partial charge in [-0.05, 0) is 55.9 Å². The molecule has 5 N–H and O–H groups in total. The van der Waals surface area contributed by atoms with E-state index in [0.717, 1.165) is 63.8 Å². The highest BCUT2D eigenvalue weighted by Crippen LogP contribution is 2.47. The fourth-order valence-electron chi connectivity index (χ4n) is 4.65. The Morgan fingerprint density at radius 3 is 2.29 bits per heavy atom. The lowest BCUT2D eigenvalue weighted by atomic mass is 9.61. The lowest BCUT2D eigenvalue weighted by Gasteiger charge is -2.46. The van der Waals surface area contributed by atoms with Gasteiger partial charge in [0.05, 0.1) is 0 Å². The van der Waals surface area contributed by atoms with Crippen molar-refractivity contribution in [1.29, 1.82) is 0 Å². The molecular weight excluding hydrogens is 376 g/mol. The molecule has 0 aliphatic heterocycles. The number of unbranched alkanes of at least 4 members (excludes halogenated alkanes) is 3. The highest BCUT2D eigenvalue weighted by Gasteiger charge is 2.41. The minimum absolute atomic E-state index is 0.0171. The highest BCUT2D eigenvalue weighted by atomic mass is 32.1. The van der Waals surface area contributed by atoms with E-state index in [-0.39, 0.29) is 22.9 Å². The molecular formula is C20H40N4O3S. The Balaban J connectivity index is 2.22. The largest absolute Gasteiger partial charge is 0.465 e. The smallest absolute Gasteiger partial charge is 0.404 e. The standard InChI is InChI=1S/C20H40N4O3S/c1-19(2)12-16(24-18(26)27)13-20(3,14-19)8-11-23-17(25)22-10-7-5-4-6-9-21-15-28/h16,21,24,28H,4-15H2,1-3H3,(H,26,27)(H2,22,23,25). The average Bonchev–Trinajstić information content (AvgIpc) is 2.54. The summed E-state index contributed by atoms with van der Waals surface area (Å²) in [6, 6.07) is -0.140. The molecule has 1 rings (SSSR count). The first-order valence-corrected chi connectivity index (χ1v) is 11.1. The zero-order valence-corrected chi connectivity index (χ0v) is 18.7. The molecule has 1 fully saturated rings. The number of carboxylic acid groups (broad SMARTS) is 1. The molecule has 7 nitrogen and oxygen atoms in total. The molecule has 0 aromatic heterocycles. The van der Waals surface area contributed by atoms with Gasteiger partial charge in [-0.15, -0.1) is 0 Å². The van der Waals surface area contributed by atoms with Gasteiger partial charge in [0.25, 0.3) is 0 Å². The summed E-state index contributed by atoms with van der Waals surface area (Å²) >= 11 is 4.10. The summed E-state index contributed by atoms with van der Waals surface area (Å²) in [7, 11) is 0. The van der Waals surface area contributed by atoms with E-state index in [2.05, 4.69) is 54.7 Å². The van der Waals surface area contributed by atoms with Gasteiger partial charge in [0.1, 0.15) is 0 Å². The number of nitrogens with one attached hydrogen (secondary N) is 4.